The van der Waals surface area contributed by atoms with Gasteiger partial charge in [0.05, 0.1) is 10.6 Å². The first-order valence-corrected chi connectivity index (χ1v) is 12.2. The van der Waals surface area contributed by atoms with Crippen molar-refractivity contribution in [2.75, 3.05) is 11.9 Å². The maximum Gasteiger partial charge on any atom is 0.276 e. The minimum atomic E-state index is -1.27. The molecule has 0 saturated heterocycles. The number of nitro groups is 1. The number of nitrogens with one attached hydrogen (secondary N) is 1. The van der Waals surface area contributed by atoms with Gasteiger partial charge in [-0.15, -0.1) is 0 Å². The van der Waals surface area contributed by atoms with E-state index < -0.39 is 24.5 Å². The topological polar surface area (TPSA) is 137 Å². The lowest BCUT2D eigenvalue weighted by Crippen LogP contribution is -2.28. The summed E-state index contributed by atoms with van der Waals surface area (Å²) in [6.45, 7) is 7.01. The molecule has 2 N–H and O–H groups in total. The summed E-state index contributed by atoms with van der Waals surface area (Å²) in [6.07, 6.45) is 0. The molecule has 0 aliphatic heterocycles. The van der Waals surface area contributed by atoms with Crippen LogP contribution in [0, 0.1) is 10.1 Å². The van der Waals surface area contributed by atoms with Crippen LogP contribution in [0.5, 0.6) is 5.75 Å². The molecule has 1 aromatic heterocycles. The first-order chi connectivity index (χ1) is 13.1. The van der Waals surface area contributed by atoms with Crippen LogP contribution < -0.4 is 10.9 Å². The number of carbonyl (C=O) groups excluding carboxylic acids is 1. The number of anilines is 1. The summed E-state index contributed by atoms with van der Waals surface area (Å²) >= 11 is 0. The maximum absolute atomic E-state index is 12.4. The Hall–Kier alpha value is -3.05. The Kier molecular flexibility index (Phi) is 6.65. The van der Waals surface area contributed by atoms with Crippen molar-refractivity contribution < 1.29 is 19.6 Å². The third-order valence-corrected chi connectivity index (χ3v) is 5.45. The number of phenols is 1. The van der Waals surface area contributed by atoms with Crippen LogP contribution in [0.2, 0.25) is 25.7 Å². The average molecular weight is 406 g/mol. The van der Waals surface area contributed by atoms with E-state index in [0.717, 1.165) is 28.9 Å². The number of aromatic hydroxyl groups is 1. The monoisotopic (exact) mass is 406 g/mol. The molecule has 1 aromatic carbocycles. The van der Waals surface area contributed by atoms with Crippen molar-refractivity contribution in [2.24, 2.45) is 0 Å². The van der Waals surface area contributed by atoms with E-state index in [0.29, 0.717) is 6.61 Å². The first kappa shape index (κ1) is 21.2. The maximum atomic E-state index is 12.4. The van der Waals surface area contributed by atoms with Gasteiger partial charge in [-0.1, -0.05) is 19.6 Å². The number of hydrogen-bond acceptors (Lipinski definition) is 7. The van der Waals surface area contributed by atoms with Crippen molar-refractivity contribution in [3.05, 3.63) is 56.5 Å². The molecule has 0 spiro atoms. The fraction of sp³-hybridized carbons (Fsp3) is 0.353. The van der Waals surface area contributed by atoms with Gasteiger partial charge in [-0.3, -0.25) is 19.7 Å². The molecular formula is C17H22N4O6Si. The molecule has 0 atom stereocenters. The van der Waals surface area contributed by atoms with E-state index in [1.54, 1.807) is 0 Å². The summed E-state index contributed by atoms with van der Waals surface area (Å²) in [5, 5.41) is 26.9. The highest BCUT2D eigenvalue weighted by molar-refractivity contribution is 6.76. The Morgan fingerprint density at radius 3 is 2.68 bits per heavy atom. The zero-order valence-electron chi connectivity index (χ0n) is 15.8. The van der Waals surface area contributed by atoms with Crippen LogP contribution in [0.4, 0.5) is 11.4 Å². The SMILES string of the molecule is C[Si](C)(C)CCOCn1nc(C(=O)Nc2cc([N+](=O)[O-])ccc2O)ccc1=O. The quantitative estimate of drug-likeness (QED) is 0.226. The van der Waals surface area contributed by atoms with Crippen LogP contribution in [-0.2, 0) is 11.5 Å². The lowest BCUT2D eigenvalue weighted by atomic mass is 10.2. The normalized spacial score (nSPS) is 11.2. The molecule has 0 fully saturated rings. The molecule has 0 aliphatic rings. The van der Waals surface area contributed by atoms with E-state index in [4.69, 9.17) is 4.74 Å². The van der Waals surface area contributed by atoms with E-state index >= 15 is 0 Å². The molecule has 28 heavy (non-hydrogen) atoms. The highest BCUT2D eigenvalue weighted by Crippen LogP contribution is 2.28. The summed E-state index contributed by atoms with van der Waals surface area (Å²) in [5.41, 5.74) is -0.950. The highest BCUT2D eigenvalue weighted by Gasteiger charge is 2.16. The Morgan fingerprint density at radius 2 is 2.04 bits per heavy atom. The van der Waals surface area contributed by atoms with Gasteiger partial charge in [0.15, 0.2) is 0 Å². The van der Waals surface area contributed by atoms with Crippen molar-refractivity contribution in [2.45, 2.75) is 32.4 Å². The van der Waals surface area contributed by atoms with Crippen molar-refractivity contribution in [1.82, 2.24) is 9.78 Å². The van der Waals surface area contributed by atoms with Gasteiger partial charge in [-0.25, -0.2) is 4.68 Å². The smallest absolute Gasteiger partial charge is 0.276 e. The van der Waals surface area contributed by atoms with Gasteiger partial charge in [-0.2, -0.15) is 5.10 Å². The number of nitro benzene ring substituents is 1. The second-order valence-corrected chi connectivity index (χ2v) is 12.9. The number of phenolic OH excluding ortho intramolecular Hbond substituents is 1. The van der Waals surface area contributed by atoms with Gasteiger partial charge in [0, 0.05) is 32.9 Å². The van der Waals surface area contributed by atoms with Crippen molar-refractivity contribution >= 4 is 25.4 Å². The number of hydrogen-bond donors (Lipinski definition) is 2. The number of ether oxygens (including phenoxy) is 1. The number of benzene rings is 1. The molecule has 0 unspecified atom stereocenters. The number of nitrogens with zero attached hydrogens (tertiary/aromatic N) is 3. The van der Waals surface area contributed by atoms with Gasteiger partial charge < -0.3 is 15.2 Å². The number of carbonyl (C=O) groups is 1. The van der Waals surface area contributed by atoms with Crippen molar-refractivity contribution in [3.63, 3.8) is 0 Å². The summed E-state index contributed by atoms with van der Waals surface area (Å²) in [4.78, 5) is 34.5. The van der Waals surface area contributed by atoms with E-state index in [1.165, 1.54) is 12.1 Å². The zero-order chi connectivity index (χ0) is 20.9. The molecule has 0 radical (unpaired) electrons. The Morgan fingerprint density at radius 1 is 1.32 bits per heavy atom. The molecule has 10 nitrogen and oxygen atoms in total. The molecule has 0 saturated carbocycles. The van der Waals surface area contributed by atoms with Crippen LogP contribution in [0.15, 0.2) is 35.1 Å². The molecule has 150 valence electrons. The number of non-ortho nitro benzene ring substituents is 1. The predicted octanol–water partition coefficient (Wildman–Crippen LogP) is 2.42. The third kappa shape index (κ3) is 5.99. The molecule has 1 heterocycles. The number of rotatable bonds is 8. The minimum Gasteiger partial charge on any atom is -0.506 e. The van der Waals surface area contributed by atoms with Crippen LogP contribution >= 0.6 is 0 Å². The van der Waals surface area contributed by atoms with E-state index in [1.807, 2.05) is 0 Å². The van der Waals surface area contributed by atoms with Gasteiger partial charge in [0.25, 0.3) is 17.2 Å². The minimum absolute atomic E-state index is 0.0908. The predicted molar refractivity (Wildman–Crippen MR) is 105 cm³/mol. The van der Waals surface area contributed by atoms with Crippen LogP contribution in [-0.4, -0.2) is 40.4 Å². The van der Waals surface area contributed by atoms with Crippen LogP contribution in [0.3, 0.4) is 0 Å². The van der Waals surface area contributed by atoms with Gasteiger partial charge in [0.1, 0.15) is 18.2 Å². The summed E-state index contributed by atoms with van der Waals surface area (Å²) in [6, 6.07) is 6.58. The Bertz CT molecular complexity index is 938. The van der Waals surface area contributed by atoms with E-state index in [2.05, 4.69) is 30.1 Å². The van der Waals surface area contributed by atoms with Crippen molar-refractivity contribution in [3.8, 4) is 5.75 Å². The van der Waals surface area contributed by atoms with E-state index in [9.17, 15) is 24.8 Å². The summed E-state index contributed by atoms with van der Waals surface area (Å²) < 4.78 is 6.50. The molecule has 0 aliphatic carbocycles. The first-order valence-electron chi connectivity index (χ1n) is 8.51. The fourth-order valence-electron chi connectivity index (χ4n) is 2.12. The molecule has 2 rings (SSSR count). The summed E-state index contributed by atoms with van der Waals surface area (Å²) in [5.74, 6) is -1.06. The van der Waals surface area contributed by atoms with E-state index in [-0.39, 0.29) is 29.5 Å². The Balaban J connectivity index is 2.11. The molecule has 11 heteroatoms. The lowest BCUT2D eigenvalue weighted by molar-refractivity contribution is -0.384. The second kappa shape index (κ2) is 8.76. The van der Waals surface area contributed by atoms with Crippen LogP contribution in [0.1, 0.15) is 10.5 Å². The Labute approximate surface area is 161 Å². The number of aromatic nitrogens is 2. The van der Waals surface area contributed by atoms with Crippen molar-refractivity contribution in [1.29, 1.82) is 0 Å². The number of amides is 1. The molecular weight excluding hydrogens is 384 g/mol. The lowest BCUT2D eigenvalue weighted by Gasteiger charge is -2.15. The van der Waals surface area contributed by atoms with Gasteiger partial charge in [0.2, 0.25) is 0 Å². The molecule has 2 aromatic rings. The molecule has 0 bridgehead atoms. The highest BCUT2D eigenvalue weighted by atomic mass is 28.3. The van der Waals surface area contributed by atoms with Gasteiger partial charge >= 0.3 is 0 Å². The summed E-state index contributed by atoms with van der Waals surface area (Å²) in [7, 11) is -1.27. The standard InChI is InChI=1S/C17H22N4O6Si/c1-28(2,3)9-8-27-11-20-16(23)7-5-13(19-20)17(24)18-14-10-12(21(25)26)4-6-15(14)22/h4-7,10,22H,8-9,11H2,1-3H3,(H,18,24). The average Bonchev–Trinajstić information content (AvgIpc) is 2.60. The van der Waals surface area contributed by atoms with Crippen LogP contribution in [0.25, 0.3) is 0 Å². The second-order valence-electron chi connectivity index (χ2n) is 7.32. The zero-order valence-corrected chi connectivity index (χ0v) is 16.8. The fourth-order valence-corrected chi connectivity index (χ4v) is 2.87. The van der Waals surface area contributed by atoms with Gasteiger partial charge in [-0.05, 0) is 18.2 Å². The largest absolute Gasteiger partial charge is 0.506 e. The molecule has 1 amide bonds. The third-order valence-electron chi connectivity index (χ3n) is 3.75.